The van der Waals surface area contributed by atoms with Gasteiger partial charge in [-0.3, -0.25) is 0 Å². The van der Waals surface area contributed by atoms with Crippen molar-refractivity contribution < 1.29 is 24.5 Å². The lowest BCUT2D eigenvalue weighted by molar-refractivity contribution is -0.156. The molecule has 2 N–H and O–H groups in total. The van der Waals surface area contributed by atoms with Crippen LogP contribution in [0.15, 0.2) is 47.1 Å². The summed E-state index contributed by atoms with van der Waals surface area (Å²) >= 11 is 0. The van der Waals surface area contributed by atoms with Gasteiger partial charge in [-0.2, -0.15) is 0 Å². The topological polar surface area (TPSA) is 76.0 Å². The van der Waals surface area contributed by atoms with E-state index in [4.69, 9.17) is 9.47 Å². The van der Waals surface area contributed by atoms with E-state index in [-0.39, 0.29) is 30.2 Å². The summed E-state index contributed by atoms with van der Waals surface area (Å²) in [6.07, 6.45) is 23.9. The quantitative estimate of drug-likeness (QED) is 0.260. The summed E-state index contributed by atoms with van der Waals surface area (Å²) in [5.41, 5.74) is 4.43. The minimum Gasteiger partial charge on any atom is -0.461 e. The summed E-state index contributed by atoms with van der Waals surface area (Å²) in [4.78, 5) is 12.8. The molecule has 4 aliphatic carbocycles. The predicted octanol–water partition coefficient (Wildman–Crippen LogP) is 7.67. The number of ether oxygens (including phenoxy) is 2. The Kier molecular flexibility index (Phi) is 11.7. The van der Waals surface area contributed by atoms with E-state index in [1.54, 1.807) is 0 Å². The van der Waals surface area contributed by atoms with Gasteiger partial charge in [0.2, 0.25) is 0 Å². The first kappa shape index (κ1) is 31.3. The van der Waals surface area contributed by atoms with Crippen LogP contribution in [0.25, 0.3) is 0 Å². The van der Waals surface area contributed by atoms with Gasteiger partial charge < -0.3 is 19.7 Å². The minimum atomic E-state index is -0.662. The molecular weight excluding hydrogens is 500 g/mol. The zero-order chi connectivity index (χ0) is 28.5. The van der Waals surface area contributed by atoms with Crippen molar-refractivity contribution in [2.45, 2.75) is 147 Å². The van der Waals surface area contributed by atoms with E-state index in [2.05, 4.69) is 38.7 Å². The zero-order valence-corrected chi connectivity index (χ0v) is 25.2. The van der Waals surface area contributed by atoms with Crippen LogP contribution < -0.4 is 0 Å². The third kappa shape index (κ3) is 8.20. The number of hydrogen-bond acceptors (Lipinski definition) is 5. The highest BCUT2D eigenvalue weighted by Crippen LogP contribution is 2.55. The van der Waals surface area contributed by atoms with Gasteiger partial charge in [-0.1, -0.05) is 82.2 Å². The van der Waals surface area contributed by atoms with Gasteiger partial charge in [0.1, 0.15) is 12.7 Å². The molecule has 0 saturated heterocycles. The highest BCUT2D eigenvalue weighted by Gasteiger charge is 2.46. The first-order chi connectivity index (χ1) is 19.3. The monoisotopic (exact) mass is 554 g/mol. The molecule has 4 rings (SSSR count). The van der Waals surface area contributed by atoms with Gasteiger partial charge >= 0.3 is 5.97 Å². The molecule has 4 aliphatic rings. The minimum absolute atomic E-state index is 0.0112. The molecule has 0 amide bonds. The molecule has 0 heterocycles. The lowest BCUT2D eigenvalue weighted by Crippen LogP contribution is -2.35. The summed E-state index contributed by atoms with van der Waals surface area (Å²) in [6.45, 7) is 8.51. The molecule has 5 atom stereocenters. The van der Waals surface area contributed by atoms with Crippen molar-refractivity contribution >= 4 is 5.97 Å². The van der Waals surface area contributed by atoms with Gasteiger partial charge in [0.15, 0.2) is 0 Å². The van der Waals surface area contributed by atoms with Crippen molar-refractivity contribution in [3.63, 3.8) is 0 Å². The van der Waals surface area contributed by atoms with E-state index in [9.17, 15) is 15.0 Å². The molecule has 224 valence electrons. The molecule has 5 nitrogen and oxygen atoms in total. The molecule has 0 bridgehead atoms. The van der Waals surface area contributed by atoms with E-state index in [1.165, 1.54) is 56.1 Å². The van der Waals surface area contributed by atoms with Gasteiger partial charge in [0, 0.05) is 6.42 Å². The number of aliphatic hydroxyl groups is 2. The number of allylic oxidation sites excluding steroid dienone is 4. The summed E-state index contributed by atoms with van der Waals surface area (Å²) in [6, 6.07) is 0. The van der Waals surface area contributed by atoms with E-state index >= 15 is 0 Å². The third-order valence-electron chi connectivity index (χ3n) is 10.1. The fourth-order valence-corrected chi connectivity index (χ4v) is 7.69. The number of hydrogen-bond donors (Lipinski definition) is 2. The van der Waals surface area contributed by atoms with Crippen molar-refractivity contribution in [3.8, 4) is 0 Å². The Morgan fingerprint density at radius 1 is 1.05 bits per heavy atom. The second-order valence-electron chi connectivity index (χ2n) is 13.1. The maximum Gasteiger partial charge on any atom is 0.332 e. The smallest absolute Gasteiger partial charge is 0.332 e. The molecule has 1 unspecified atom stereocenters. The molecule has 0 spiro atoms. The number of carbonyl (C=O) groups excluding carboxylic acids is 1. The average molecular weight is 555 g/mol. The van der Waals surface area contributed by atoms with Crippen LogP contribution in [0.2, 0.25) is 0 Å². The Bertz CT molecular complexity index is 949. The first-order valence-corrected chi connectivity index (χ1v) is 16.2. The largest absolute Gasteiger partial charge is 0.461 e. The molecule has 0 aliphatic heterocycles. The van der Waals surface area contributed by atoms with Crippen molar-refractivity contribution in [3.05, 3.63) is 47.1 Å². The average Bonchev–Trinajstić information content (AvgIpc) is 3.27. The van der Waals surface area contributed by atoms with Crippen LogP contribution >= 0.6 is 0 Å². The standard InChI is InChI=1S/C35H54O5/c1-25-28(22-29(36)23-33(25)37)18-17-27-14-13-21-35(3)31(19-20-32(27)35)26(2)39-24-34(38)40-30-15-11-9-7-5-4-6-8-10-12-16-30/h17-19,26,29-30,32-33,36-37H,1,4-16,20-24H2,2-3H3/b27-17+,28-18-/t26?,29-,32+,33+,35-/m1/s1. The highest BCUT2D eigenvalue weighted by molar-refractivity contribution is 5.71. The predicted molar refractivity (Wildman–Crippen MR) is 161 cm³/mol. The molecule has 0 aromatic carbocycles. The summed E-state index contributed by atoms with van der Waals surface area (Å²) in [5, 5.41) is 20.3. The molecule has 3 saturated carbocycles. The van der Waals surface area contributed by atoms with Crippen molar-refractivity contribution in [1.82, 2.24) is 0 Å². The lowest BCUT2D eigenvalue weighted by Gasteiger charge is -2.42. The molecule has 3 fully saturated rings. The second-order valence-corrected chi connectivity index (χ2v) is 13.1. The Hall–Kier alpha value is -1.69. The molecule has 0 radical (unpaired) electrons. The molecule has 40 heavy (non-hydrogen) atoms. The van der Waals surface area contributed by atoms with Crippen molar-refractivity contribution in [2.24, 2.45) is 11.3 Å². The number of aliphatic hydroxyl groups excluding tert-OH is 2. The lowest BCUT2D eigenvalue weighted by atomic mass is 9.63. The van der Waals surface area contributed by atoms with E-state index in [0.717, 1.165) is 62.5 Å². The molecule has 5 heteroatoms. The van der Waals surface area contributed by atoms with Crippen LogP contribution in [0.5, 0.6) is 0 Å². The number of fused-ring (bicyclic) bond motifs is 1. The van der Waals surface area contributed by atoms with Crippen LogP contribution in [0.1, 0.15) is 123 Å². The molecular formula is C35H54O5. The van der Waals surface area contributed by atoms with E-state index < -0.39 is 12.2 Å². The van der Waals surface area contributed by atoms with Crippen molar-refractivity contribution in [2.75, 3.05) is 6.61 Å². The molecule has 0 aromatic rings. The maximum atomic E-state index is 12.8. The van der Waals surface area contributed by atoms with Crippen LogP contribution in [-0.4, -0.2) is 47.2 Å². The second kappa shape index (κ2) is 15.0. The SMILES string of the molecule is C=C1/C(=C\C=C2/CCC[C@]3(C)C(C(C)OCC(=O)OC4CCCCCCCCCCC4)=CC[C@@H]23)C[C@@H](O)C[C@@H]1O. The van der Waals surface area contributed by atoms with Crippen LogP contribution in [0, 0.1) is 11.3 Å². The Morgan fingerprint density at radius 3 is 2.38 bits per heavy atom. The maximum absolute atomic E-state index is 12.8. The van der Waals surface area contributed by atoms with E-state index in [0.29, 0.717) is 18.8 Å². The van der Waals surface area contributed by atoms with Crippen molar-refractivity contribution in [1.29, 1.82) is 0 Å². The fraction of sp³-hybridized carbons (Fsp3) is 0.743. The Morgan fingerprint density at radius 2 is 1.70 bits per heavy atom. The Labute approximate surface area is 242 Å². The fourth-order valence-electron chi connectivity index (χ4n) is 7.69. The number of esters is 1. The zero-order valence-electron chi connectivity index (χ0n) is 25.2. The van der Waals surface area contributed by atoms with Crippen LogP contribution in [0.4, 0.5) is 0 Å². The summed E-state index contributed by atoms with van der Waals surface area (Å²) in [7, 11) is 0. The van der Waals surface area contributed by atoms with Gasteiger partial charge in [-0.15, -0.1) is 0 Å². The van der Waals surface area contributed by atoms with Crippen LogP contribution in [-0.2, 0) is 14.3 Å². The van der Waals surface area contributed by atoms with Gasteiger partial charge in [0.05, 0.1) is 18.3 Å². The van der Waals surface area contributed by atoms with Gasteiger partial charge in [0.25, 0.3) is 0 Å². The van der Waals surface area contributed by atoms with E-state index in [1.807, 2.05) is 0 Å². The first-order valence-electron chi connectivity index (χ1n) is 16.2. The summed E-state index contributed by atoms with van der Waals surface area (Å²) < 4.78 is 12.1. The third-order valence-corrected chi connectivity index (χ3v) is 10.1. The van der Waals surface area contributed by atoms with Crippen LogP contribution in [0.3, 0.4) is 0 Å². The summed E-state index contributed by atoms with van der Waals surface area (Å²) in [5.74, 6) is 0.186. The van der Waals surface area contributed by atoms with Gasteiger partial charge in [-0.05, 0) is 92.8 Å². The van der Waals surface area contributed by atoms with Gasteiger partial charge in [-0.25, -0.2) is 4.79 Å². The number of carbonyl (C=O) groups is 1. The normalized spacial score (nSPS) is 34.0. The highest BCUT2D eigenvalue weighted by atomic mass is 16.6. The Balaban J connectivity index is 1.31. The molecule has 0 aromatic heterocycles. The number of rotatable bonds is 6.